The molecule has 3 heterocycles. The number of amides is 1. The molecule has 0 radical (unpaired) electrons. The highest BCUT2D eigenvalue weighted by Gasteiger charge is 2.30. The van der Waals surface area contributed by atoms with Crippen LogP contribution in [0.2, 0.25) is 0 Å². The Bertz CT molecular complexity index is 956. The minimum atomic E-state index is 0.185. The molecular formula is C21H24N4O2. The second kappa shape index (κ2) is 6.83. The normalized spacial score (nSPS) is 20.3. The molecule has 5 rings (SSSR count). The van der Waals surface area contributed by atoms with Crippen molar-refractivity contribution in [2.75, 3.05) is 13.1 Å². The third-order valence-corrected chi connectivity index (χ3v) is 5.75. The van der Waals surface area contributed by atoms with Crippen molar-refractivity contribution in [1.82, 2.24) is 19.6 Å². The van der Waals surface area contributed by atoms with E-state index in [9.17, 15) is 4.79 Å². The molecule has 0 bridgehead atoms. The quantitative estimate of drug-likeness (QED) is 0.696. The Labute approximate surface area is 158 Å². The second-order valence-corrected chi connectivity index (χ2v) is 7.88. The summed E-state index contributed by atoms with van der Waals surface area (Å²) < 4.78 is 7.47. The predicted octanol–water partition coefficient (Wildman–Crippen LogP) is 3.38. The smallest absolute Gasteiger partial charge is 0.242 e. The zero-order chi connectivity index (χ0) is 18.2. The van der Waals surface area contributed by atoms with E-state index in [1.807, 2.05) is 27.8 Å². The van der Waals surface area contributed by atoms with Crippen LogP contribution in [0.5, 0.6) is 0 Å². The average molecular weight is 364 g/mol. The standard InChI is InChI=1S/C21H24N4O2/c26-20(14-24-11-9-16-5-1-2-6-18(16)24)25-10-3-4-15(13-25)12-19-22-21(23-27-19)17-7-8-17/h1-2,5-6,9,11,15,17H,3-4,7-8,10,12-14H2/t15-/m1/s1. The van der Waals surface area contributed by atoms with Crippen LogP contribution >= 0.6 is 0 Å². The lowest BCUT2D eigenvalue weighted by molar-refractivity contribution is -0.133. The molecule has 2 aromatic heterocycles. The lowest BCUT2D eigenvalue weighted by atomic mass is 9.94. The SMILES string of the molecule is O=C(Cn1ccc2ccccc21)N1CCC[C@H](Cc2nc(C3CC3)no2)C1. The molecule has 1 amide bonds. The van der Waals surface area contributed by atoms with Gasteiger partial charge in [0.1, 0.15) is 6.54 Å². The third-order valence-electron chi connectivity index (χ3n) is 5.75. The molecule has 1 aliphatic carbocycles. The number of piperidine rings is 1. The van der Waals surface area contributed by atoms with Crippen LogP contribution in [-0.2, 0) is 17.8 Å². The molecule has 1 atom stereocenters. The van der Waals surface area contributed by atoms with E-state index >= 15 is 0 Å². The van der Waals surface area contributed by atoms with Gasteiger partial charge in [0.05, 0.1) is 0 Å². The third kappa shape index (κ3) is 3.48. The molecule has 0 unspecified atom stereocenters. The fourth-order valence-corrected chi connectivity index (χ4v) is 4.09. The number of aromatic nitrogens is 3. The molecule has 1 aromatic carbocycles. The highest BCUT2D eigenvalue weighted by molar-refractivity contribution is 5.83. The van der Waals surface area contributed by atoms with Crippen molar-refractivity contribution in [2.45, 2.75) is 44.6 Å². The summed E-state index contributed by atoms with van der Waals surface area (Å²) in [5, 5.41) is 5.28. The Hall–Kier alpha value is -2.63. The first-order valence-electron chi connectivity index (χ1n) is 9.90. The van der Waals surface area contributed by atoms with Gasteiger partial charge in [-0.05, 0) is 49.1 Å². The maximum Gasteiger partial charge on any atom is 0.242 e. The van der Waals surface area contributed by atoms with Gasteiger partial charge in [0.25, 0.3) is 0 Å². The highest BCUT2D eigenvalue weighted by Crippen LogP contribution is 2.38. The Morgan fingerprint density at radius 1 is 1.19 bits per heavy atom. The molecule has 1 aliphatic heterocycles. The van der Waals surface area contributed by atoms with Crippen molar-refractivity contribution >= 4 is 16.8 Å². The van der Waals surface area contributed by atoms with Crippen molar-refractivity contribution in [3.05, 3.63) is 48.2 Å². The number of hydrogen-bond donors (Lipinski definition) is 0. The number of para-hydroxylation sites is 1. The van der Waals surface area contributed by atoms with E-state index in [2.05, 4.69) is 28.3 Å². The van der Waals surface area contributed by atoms with Gasteiger partial charge in [-0.3, -0.25) is 4.79 Å². The summed E-state index contributed by atoms with van der Waals surface area (Å²) >= 11 is 0. The molecule has 1 saturated carbocycles. The van der Waals surface area contributed by atoms with Crippen LogP contribution in [0.15, 0.2) is 41.1 Å². The first-order chi connectivity index (χ1) is 13.3. The number of likely N-dealkylation sites (tertiary alicyclic amines) is 1. The van der Waals surface area contributed by atoms with Gasteiger partial charge in [-0.15, -0.1) is 0 Å². The largest absolute Gasteiger partial charge is 0.341 e. The molecule has 0 spiro atoms. The predicted molar refractivity (Wildman–Crippen MR) is 101 cm³/mol. The first kappa shape index (κ1) is 16.5. The molecule has 2 fully saturated rings. The van der Waals surface area contributed by atoms with Gasteiger partial charge >= 0.3 is 0 Å². The van der Waals surface area contributed by atoms with Gasteiger partial charge in [0, 0.05) is 37.1 Å². The van der Waals surface area contributed by atoms with Crippen LogP contribution in [-0.4, -0.2) is 38.6 Å². The van der Waals surface area contributed by atoms with E-state index in [-0.39, 0.29) is 5.91 Å². The van der Waals surface area contributed by atoms with E-state index in [4.69, 9.17) is 4.52 Å². The number of carbonyl (C=O) groups excluding carboxylic acids is 1. The molecule has 0 N–H and O–H groups in total. The van der Waals surface area contributed by atoms with Crippen molar-refractivity contribution in [1.29, 1.82) is 0 Å². The van der Waals surface area contributed by atoms with Crippen molar-refractivity contribution in [2.24, 2.45) is 5.92 Å². The van der Waals surface area contributed by atoms with Crippen molar-refractivity contribution in [3.8, 4) is 0 Å². The molecule has 2 aliphatic rings. The molecule has 3 aromatic rings. The lowest BCUT2D eigenvalue weighted by Gasteiger charge is -2.32. The Balaban J connectivity index is 1.22. The zero-order valence-corrected chi connectivity index (χ0v) is 15.4. The summed E-state index contributed by atoms with van der Waals surface area (Å²) in [4.78, 5) is 19.4. The Morgan fingerprint density at radius 3 is 2.96 bits per heavy atom. The van der Waals surface area contributed by atoms with E-state index in [1.165, 1.54) is 18.2 Å². The number of hydrogen-bond acceptors (Lipinski definition) is 4. The monoisotopic (exact) mass is 364 g/mol. The maximum atomic E-state index is 12.9. The van der Waals surface area contributed by atoms with Crippen LogP contribution in [0, 0.1) is 5.92 Å². The van der Waals surface area contributed by atoms with Gasteiger partial charge < -0.3 is 14.0 Å². The molecular weight excluding hydrogens is 340 g/mol. The summed E-state index contributed by atoms with van der Waals surface area (Å²) in [5.74, 6) is 2.70. The number of carbonyl (C=O) groups is 1. The number of fused-ring (bicyclic) bond motifs is 1. The summed E-state index contributed by atoms with van der Waals surface area (Å²) in [6.45, 7) is 2.01. The summed E-state index contributed by atoms with van der Waals surface area (Å²) in [5.41, 5.74) is 1.11. The molecule has 140 valence electrons. The second-order valence-electron chi connectivity index (χ2n) is 7.88. The van der Waals surface area contributed by atoms with Gasteiger partial charge in [0.15, 0.2) is 5.82 Å². The molecule has 27 heavy (non-hydrogen) atoms. The van der Waals surface area contributed by atoms with Crippen molar-refractivity contribution < 1.29 is 9.32 Å². The molecule has 6 heteroatoms. The fraction of sp³-hybridized carbons (Fsp3) is 0.476. The van der Waals surface area contributed by atoms with Gasteiger partial charge in [-0.1, -0.05) is 23.4 Å². The van der Waals surface area contributed by atoms with E-state index in [1.54, 1.807) is 0 Å². The zero-order valence-electron chi connectivity index (χ0n) is 15.4. The first-order valence-corrected chi connectivity index (χ1v) is 9.90. The van der Waals surface area contributed by atoms with Gasteiger partial charge in [-0.2, -0.15) is 4.98 Å². The molecule has 6 nitrogen and oxygen atoms in total. The highest BCUT2D eigenvalue weighted by atomic mass is 16.5. The van der Waals surface area contributed by atoms with Crippen LogP contribution < -0.4 is 0 Å². The Kier molecular flexibility index (Phi) is 4.19. The number of benzene rings is 1. The topological polar surface area (TPSA) is 64.2 Å². The van der Waals surface area contributed by atoms with Crippen molar-refractivity contribution in [3.63, 3.8) is 0 Å². The maximum absolute atomic E-state index is 12.9. The van der Waals surface area contributed by atoms with Crippen LogP contribution in [0.25, 0.3) is 10.9 Å². The summed E-state index contributed by atoms with van der Waals surface area (Å²) in [7, 11) is 0. The Morgan fingerprint density at radius 2 is 2.07 bits per heavy atom. The minimum absolute atomic E-state index is 0.185. The lowest BCUT2D eigenvalue weighted by Crippen LogP contribution is -2.42. The van der Waals surface area contributed by atoms with Crippen LogP contribution in [0.3, 0.4) is 0 Å². The molecule has 1 saturated heterocycles. The van der Waals surface area contributed by atoms with Crippen LogP contribution in [0.1, 0.15) is 43.3 Å². The summed E-state index contributed by atoms with van der Waals surface area (Å²) in [6, 6.07) is 10.2. The van der Waals surface area contributed by atoms with Crippen LogP contribution in [0.4, 0.5) is 0 Å². The summed E-state index contributed by atoms with van der Waals surface area (Å²) in [6.07, 6.45) is 7.28. The minimum Gasteiger partial charge on any atom is -0.341 e. The van der Waals surface area contributed by atoms with E-state index in [0.717, 1.165) is 49.6 Å². The van der Waals surface area contributed by atoms with Gasteiger partial charge in [-0.25, -0.2) is 0 Å². The number of nitrogens with zero attached hydrogens (tertiary/aromatic N) is 4. The average Bonchev–Trinajstić information content (AvgIpc) is 3.32. The van der Waals surface area contributed by atoms with Gasteiger partial charge in [0.2, 0.25) is 11.8 Å². The van der Waals surface area contributed by atoms with E-state index in [0.29, 0.717) is 18.4 Å². The number of rotatable bonds is 5. The fourth-order valence-electron chi connectivity index (χ4n) is 4.09. The van der Waals surface area contributed by atoms with E-state index < -0.39 is 0 Å².